The summed E-state index contributed by atoms with van der Waals surface area (Å²) in [5.74, 6) is -1.94. The highest BCUT2D eigenvalue weighted by molar-refractivity contribution is 6.05. The van der Waals surface area contributed by atoms with Gasteiger partial charge in [-0.3, -0.25) is 9.59 Å². The molecule has 0 bridgehead atoms. The first-order chi connectivity index (χ1) is 7.25. The maximum atomic E-state index is 13.4. The van der Waals surface area contributed by atoms with Crippen molar-refractivity contribution < 1.29 is 23.5 Å². The van der Waals surface area contributed by atoms with Crippen molar-refractivity contribution in [3.8, 4) is 0 Å². The molecule has 0 saturated carbocycles. The van der Waals surface area contributed by atoms with E-state index >= 15 is 0 Å². The van der Waals surface area contributed by atoms with Gasteiger partial charge in [0.2, 0.25) is 0 Å². The van der Waals surface area contributed by atoms with Crippen molar-refractivity contribution in [2.45, 2.75) is 40.3 Å². The highest BCUT2D eigenvalue weighted by Crippen LogP contribution is 2.27. The zero-order valence-electron chi connectivity index (χ0n) is 10.0. The van der Waals surface area contributed by atoms with Gasteiger partial charge in [0, 0.05) is 6.42 Å². The smallest absolute Gasteiger partial charge is 0.340 e. The lowest BCUT2D eigenvalue weighted by Gasteiger charge is -2.24. The minimum absolute atomic E-state index is 0.0656. The zero-order chi connectivity index (χ0) is 12.9. The highest BCUT2D eigenvalue weighted by atomic mass is 19.1. The summed E-state index contributed by atoms with van der Waals surface area (Å²) in [5, 5.41) is 0. The molecule has 0 heterocycles. The molecule has 0 aliphatic rings. The Balaban J connectivity index is 4.72. The van der Waals surface area contributed by atoms with E-state index in [-0.39, 0.29) is 6.61 Å². The monoisotopic (exact) mass is 232 g/mol. The van der Waals surface area contributed by atoms with Gasteiger partial charge in [0.15, 0.2) is 6.17 Å². The Kier molecular flexibility index (Phi) is 5.27. The molecule has 1 atom stereocenters. The van der Waals surface area contributed by atoms with Gasteiger partial charge in [-0.2, -0.15) is 0 Å². The van der Waals surface area contributed by atoms with Crippen LogP contribution in [0.5, 0.6) is 0 Å². The molecule has 0 fully saturated rings. The molecule has 5 heteroatoms. The topological polar surface area (TPSA) is 60.4 Å². The number of alkyl halides is 1. The molecule has 4 nitrogen and oxygen atoms in total. The van der Waals surface area contributed by atoms with E-state index in [1.165, 1.54) is 20.8 Å². The van der Waals surface area contributed by atoms with Gasteiger partial charge < -0.3 is 4.74 Å². The second-order valence-corrected chi connectivity index (χ2v) is 3.87. The molecule has 0 aliphatic heterocycles. The number of hydrogen-bond donors (Lipinski definition) is 0. The van der Waals surface area contributed by atoms with Gasteiger partial charge in [0.05, 0.1) is 12.0 Å². The van der Waals surface area contributed by atoms with Crippen molar-refractivity contribution in [1.82, 2.24) is 0 Å². The quantitative estimate of drug-likeness (QED) is 0.514. The largest absolute Gasteiger partial charge is 0.464 e. The second kappa shape index (κ2) is 5.72. The fourth-order valence-corrected chi connectivity index (χ4v) is 1.21. The van der Waals surface area contributed by atoms with Crippen molar-refractivity contribution in [2.24, 2.45) is 5.41 Å². The van der Waals surface area contributed by atoms with Crippen molar-refractivity contribution in [3.63, 3.8) is 0 Å². The summed E-state index contributed by atoms with van der Waals surface area (Å²) in [6, 6.07) is 0. The summed E-state index contributed by atoms with van der Waals surface area (Å²) >= 11 is 0. The lowest BCUT2D eigenvalue weighted by atomic mass is 9.78. The molecule has 16 heavy (non-hydrogen) atoms. The molecular weight excluding hydrogens is 215 g/mol. The van der Waals surface area contributed by atoms with Crippen LogP contribution >= 0.6 is 0 Å². The molecule has 0 aromatic heterocycles. The Bertz CT molecular complexity index is 284. The summed E-state index contributed by atoms with van der Waals surface area (Å²) < 4.78 is 17.9. The van der Waals surface area contributed by atoms with Crippen LogP contribution in [0.2, 0.25) is 0 Å². The number of Topliss-reactive ketones (excluding diaryl/α,β-unsaturated/α-hetero) is 2. The van der Waals surface area contributed by atoms with Crippen LogP contribution < -0.4 is 0 Å². The maximum absolute atomic E-state index is 13.4. The third-order valence-corrected chi connectivity index (χ3v) is 2.68. The molecule has 0 aromatic rings. The summed E-state index contributed by atoms with van der Waals surface area (Å²) in [6.45, 7) is 5.37. The average molecular weight is 232 g/mol. The lowest BCUT2D eigenvalue weighted by molar-refractivity contribution is -0.151. The third kappa shape index (κ3) is 3.40. The zero-order valence-corrected chi connectivity index (χ0v) is 10.0. The van der Waals surface area contributed by atoms with E-state index in [1.807, 2.05) is 0 Å². The number of carbonyl (C=O) groups is 3. The lowest BCUT2D eigenvalue weighted by Crippen LogP contribution is -2.38. The van der Waals surface area contributed by atoms with Crippen LogP contribution in [0.1, 0.15) is 34.1 Å². The standard InChI is InChI=1S/C11H17FO4/c1-5-16-10(15)9(12)6-11(4,7(2)13)8(3)14/h9H,5-6H2,1-4H3. The first-order valence-electron chi connectivity index (χ1n) is 5.08. The normalized spacial score (nSPS) is 13.1. The molecule has 0 radical (unpaired) electrons. The molecule has 92 valence electrons. The Labute approximate surface area is 94.2 Å². The Hall–Kier alpha value is -1.26. The molecule has 0 saturated heterocycles. The van der Waals surface area contributed by atoms with Crippen molar-refractivity contribution in [1.29, 1.82) is 0 Å². The number of rotatable bonds is 6. The van der Waals surface area contributed by atoms with E-state index in [9.17, 15) is 18.8 Å². The number of halogens is 1. The van der Waals surface area contributed by atoms with E-state index in [1.54, 1.807) is 6.92 Å². The van der Waals surface area contributed by atoms with Gasteiger partial charge in [-0.15, -0.1) is 0 Å². The van der Waals surface area contributed by atoms with Crippen LogP contribution in [0.25, 0.3) is 0 Å². The van der Waals surface area contributed by atoms with Crippen LogP contribution in [0.15, 0.2) is 0 Å². The summed E-state index contributed by atoms with van der Waals surface area (Å²) in [5.41, 5.74) is -1.45. The van der Waals surface area contributed by atoms with E-state index in [0.717, 1.165) is 0 Å². The van der Waals surface area contributed by atoms with Gasteiger partial charge in [0.1, 0.15) is 11.6 Å². The average Bonchev–Trinajstić information content (AvgIpc) is 2.17. The van der Waals surface area contributed by atoms with E-state index in [2.05, 4.69) is 4.74 Å². The van der Waals surface area contributed by atoms with E-state index in [0.29, 0.717) is 0 Å². The van der Waals surface area contributed by atoms with Crippen LogP contribution in [0.3, 0.4) is 0 Å². The molecular formula is C11H17FO4. The fraction of sp³-hybridized carbons (Fsp3) is 0.727. The Morgan fingerprint density at radius 3 is 2.00 bits per heavy atom. The van der Waals surface area contributed by atoms with Crippen LogP contribution in [-0.2, 0) is 19.1 Å². The predicted octanol–water partition coefficient (Wildman–Crippen LogP) is 1.46. The molecule has 0 rings (SSSR count). The van der Waals surface area contributed by atoms with Crippen LogP contribution in [0, 0.1) is 5.41 Å². The first-order valence-corrected chi connectivity index (χ1v) is 5.08. The summed E-state index contributed by atoms with van der Waals surface area (Å²) in [6.07, 6.45) is -2.41. The maximum Gasteiger partial charge on any atom is 0.340 e. The molecule has 0 aromatic carbocycles. The number of ketones is 2. The number of esters is 1. The predicted molar refractivity (Wildman–Crippen MR) is 55.6 cm³/mol. The SMILES string of the molecule is CCOC(=O)C(F)CC(C)(C(C)=O)C(C)=O. The Morgan fingerprint density at radius 1 is 1.25 bits per heavy atom. The molecule has 0 amide bonds. The first kappa shape index (κ1) is 14.7. The van der Waals surface area contributed by atoms with Crippen LogP contribution in [-0.4, -0.2) is 30.3 Å². The highest BCUT2D eigenvalue weighted by Gasteiger charge is 2.40. The molecule has 1 unspecified atom stereocenters. The summed E-state index contributed by atoms with van der Waals surface area (Å²) in [4.78, 5) is 33.6. The molecule has 0 spiro atoms. The molecule has 0 N–H and O–H groups in total. The number of ether oxygens (including phenoxy) is 1. The second-order valence-electron chi connectivity index (χ2n) is 3.87. The number of carbonyl (C=O) groups excluding carboxylic acids is 3. The third-order valence-electron chi connectivity index (χ3n) is 2.68. The van der Waals surface area contributed by atoms with Gasteiger partial charge in [-0.25, -0.2) is 9.18 Å². The Morgan fingerprint density at radius 2 is 1.69 bits per heavy atom. The van der Waals surface area contributed by atoms with Gasteiger partial charge in [-0.1, -0.05) is 0 Å². The fourth-order valence-electron chi connectivity index (χ4n) is 1.21. The van der Waals surface area contributed by atoms with Gasteiger partial charge >= 0.3 is 5.97 Å². The van der Waals surface area contributed by atoms with E-state index in [4.69, 9.17) is 0 Å². The minimum Gasteiger partial charge on any atom is -0.464 e. The van der Waals surface area contributed by atoms with Crippen LogP contribution in [0.4, 0.5) is 4.39 Å². The minimum atomic E-state index is -1.95. The van der Waals surface area contributed by atoms with Gasteiger partial charge in [0.25, 0.3) is 0 Å². The van der Waals surface area contributed by atoms with Crippen molar-refractivity contribution in [2.75, 3.05) is 6.61 Å². The summed E-state index contributed by atoms with van der Waals surface area (Å²) in [7, 11) is 0. The van der Waals surface area contributed by atoms with Gasteiger partial charge in [-0.05, 0) is 27.7 Å². The van der Waals surface area contributed by atoms with Crippen molar-refractivity contribution >= 4 is 17.5 Å². The molecule has 0 aliphatic carbocycles. The van der Waals surface area contributed by atoms with Crippen molar-refractivity contribution in [3.05, 3.63) is 0 Å². The number of hydrogen-bond acceptors (Lipinski definition) is 4. The van der Waals surface area contributed by atoms with E-state index < -0.39 is 35.5 Å².